The SMILES string of the molecule is Cc1cc(=O)[nH]cc1C=CCS. The number of aryl methyl sites for hydroxylation is 1. The standard InChI is InChI=1S/C9H11NOS/c1-7-5-9(11)10-6-8(7)3-2-4-12/h2-3,5-6,12H,4H2,1H3,(H,10,11). The van der Waals surface area contributed by atoms with E-state index in [4.69, 9.17) is 0 Å². The van der Waals surface area contributed by atoms with Crippen LogP contribution in [0, 0.1) is 6.92 Å². The number of hydrogen-bond acceptors (Lipinski definition) is 2. The minimum absolute atomic E-state index is 0.0597. The van der Waals surface area contributed by atoms with Gasteiger partial charge in [-0.3, -0.25) is 4.79 Å². The van der Waals surface area contributed by atoms with Gasteiger partial charge in [0.2, 0.25) is 5.56 Å². The van der Waals surface area contributed by atoms with Crippen LogP contribution in [0.25, 0.3) is 6.08 Å². The predicted molar refractivity (Wildman–Crippen MR) is 54.7 cm³/mol. The van der Waals surface area contributed by atoms with Crippen LogP contribution in [0.15, 0.2) is 23.1 Å². The monoisotopic (exact) mass is 181 g/mol. The number of pyridine rings is 1. The van der Waals surface area contributed by atoms with Gasteiger partial charge in [-0.15, -0.1) is 0 Å². The molecule has 0 aliphatic heterocycles. The minimum Gasteiger partial charge on any atom is -0.328 e. The average Bonchev–Trinajstić information content (AvgIpc) is 2.03. The van der Waals surface area contributed by atoms with Crippen molar-refractivity contribution in [2.24, 2.45) is 0 Å². The first kappa shape index (κ1) is 9.13. The number of aromatic nitrogens is 1. The molecule has 1 N–H and O–H groups in total. The molecule has 0 atom stereocenters. The van der Waals surface area contributed by atoms with Gasteiger partial charge in [-0.2, -0.15) is 12.6 Å². The van der Waals surface area contributed by atoms with Crippen molar-refractivity contribution in [2.75, 3.05) is 5.75 Å². The maximum Gasteiger partial charge on any atom is 0.248 e. The van der Waals surface area contributed by atoms with Crippen LogP contribution in [0.3, 0.4) is 0 Å². The lowest BCUT2D eigenvalue weighted by molar-refractivity contribution is 1.20. The molecule has 0 aliphatic carbocycles. The lowest BCUT2D eigenvalue weighted by atomic mass is 10.1. The van der Waals surface area contributed by atoms with Crippen LogP contribution in [0.2, 0.25) is 0 Å². The first-order chi connectivity index (χ1) is 5.74. The van der Waals surface area contributed by atoms with E-state index in [0.29, 0.717) is 5.75 Å². The quantitative estimate of drug-likeness (QED) is 0.668. The maximum absolute atomic E-state index is 10.8. The third kappa shape index (κ3) is 2.27. The van der Waals surface area contributed by atoms with Gasteiger partial charge < -0.3 is 4.98 Å². The second-order valence-corrected chi connectivity index (χ2v) is 2.89. The molecule has 64 valence electrons. The molecule has 0 bridgehead atoms. The van der Waals surface area contributed by atoms with Crippen LogP contribution >= 0.6 is 12.6 Å². The fourth-order valence-electron chi connectivity index (χ4n) is 0.944. The lowest BCUT2D eigenvalue weighted by Crippen LogP contribution is -2.04. The number of thiol groups is 1. The molecule has 0 radical (unpaired) electrons. The zero-order valence-electron chi connectivity index (χ0n) is 6.87. The Bertz CT molecular complexity index is 341. The highest BCUT2D eigenvalue weighted by molar-refractivity contribution is 7.80. The van der Waals surface area contributed by atoms with E-state index in [1.165, 1.54) is 0 Å². The largest absolute Gasteiger partial charge is 0.328 e. The highest BCUT2D eigenvalue weighted by atomic mass is 32.1. The maximum atomic E-state index is 10.8. The van der Waals surface area contributed by atoms with Crippen molar-refractivity contribution >= 4 is 18.7 Å². The summed E-state index contributed by atoms with van der Waals surface area (Å²) < 4.78 is 0. The van der Waals surface area contributed by atoms with Crippen molar-refractivity contribution in [1.29, 1.82) is 0 Å². The van der Waals surface area contributed by atoms with Gasteiger partial charge in [0.1, 0.15) is 0 Å². The predicted octanol–water partition coefficient (Wildman–Crippen LogP) is 1.63. The molecule has 1 aromatic rings. The molecule has 0 saturated heterocycles. The number of rotatable bonds is 2. The number of aromatic amines is 1. The van der Waals surface area contributed by atoms with Gasteiger partial charge in [-0.05, 0) is 18.1 Å². The summed E-state index contributed by atoms with van der Waals surface area (Å²) in [6.07, 6.45) is 5.58. The van der Waals surface area contributed by atoms with E-state index in [1.54, 1.807) is 12.3 Å². The molecule has 1 rings (SSSR count). The first-order valence-electron chi connectivity index (χ1n) is 3.71. The molecule has 0 aliphatic rings. The van der Waals surface area contributed by atoms with Gasteiger partial charge in [0.15, 0.2) is 0 Å². The van der Waals surface area contributed by atoms with E-state index in [0.717, 1.165) is 11.1 Å². The number of hydrogen-bond donors (Lipinski definition) is 2. The van der Waals surface area contributed by atoms with Gasteiger partial charge in [-0.1, -0.05) is 12.2 Å². The summed E-state index contributed by atoms with van der Waals surface area (Å²) in [6, 6.07) is 1.58. The summed E-state index contributed by atoms with van der Waals surface area (Å²) >= 11 is 4.05. The van der Waals surface area contributed by atoms with Gasteiger partial charge >= 0.3 is 0 Å². The lowest BCUT2D eigenvalue weighted by Gasteiger charge is -1.96. The highest BCUT2D eigenvalue weighted by Crippen LogP contribution is 2.04. The van der Waals surface area contributed by atoms with Gasteiger partial charge in [-0.25, -0.2) is 0 Å². The molecule has 12 heavy (non-hydrogen) atoms. The minimum atomic E-state index is -0.0597. The zero-order valence-corrected chi connectivity index (χ0v) is 7.77. The molecule has 0 unspecified atom stereocenters. The molecule has 2 nitrogen and oxygen atoms in total. The molecule has 3 heteroatoms. The van der Waals surface area contributed by atoms with E-state index in [-0.39, 0.29) is 5.56 Å². The van der Waals surface area contributed by atoms with Crippen LogP contribution < -0.4 is 5.56 Å². The van der Waals surface area contributed by atoms with Crippen molar-refractivity contribution in [3.63, 3.8) is 0 Å². The summed E-state index contributed by atoms with van der Waals surface area (Å²) in [5.41, 5.74) is 1.95. The smallest absolute Gasteiger partial charge is 0.248 e. The Morgan fingerprint density at radius 2 is 2.42 bits per heavy atom. The Morgan fingerprint density at radius 3 is 3.00 bits per heavy atom. The Morgan fingerprint density at radius 1 is 1.67 bits per heavy atom. The molecular weight excluding hydrogens is 170 g/mol. The first-order valence-corrected chi connectivity index (χ1v) is 4.34. The Hall–Kier alpha value is -0.960. The summed E-state index contributed by atoms with van der Waals surface area (Å²) in [6.45, 7) is 1.91. The fraction of sp³-hybridized carbons (Fsp3) is 0.222. The summed E-state index contributed by atoms with van der Waals surface area (Å²) in [4.78, 5) is 13.4. The van der Waals surface area contributed by atoms with Gasteiger partial charge in [0, 0.05) is 18.0 Å². The van der Waals surface area contributed by atoms with Crippen molar-refractivity contribution in [3.8, 4) is 0 Å². The topological polar surface area (TPSA) is 32.9 Å². The van der Waals surface area contributed by atoms with E-state index >= 15 is 0 Å². The molecule has 0 fully saturated rings. The van der Waals surface area contributed by atoms with Crippen molar-refractivity contribution in [1.82, 2.24) is 4.98 Å². The van der Waals surface area contributed by atoms with E-state index in [9.17, 15) is 4.79 Å². The molecule has 0 saturated carbocycles. The van der Waals surface area contributed by atoms with Crippen molar-refractivity contribution < 1.29 is 0 Å². The normalized spacial score (nSPS) is 10.8. The average molecular weight is 181 g/mol. The Balaban J connectivity index is 3.01. The fourth-order valence-corrected chi connectivity index (χ4v) is 1.05. The van der Waals surface area contributed by atoms with E-state index in [2.05, 4.69) is 17.6 Å². The van der Waals surface area contributed by atoms with Crippen LogP contribution in [0.4, 0.5) is 0 Å². The highest BCUT2D eigenvalue weighted by Gasteiger charge is 1.92. The Labute approximate surface area is 76.7 Å². The molecule has 1 aromatic heterocycles. The zero-order chi connectivity index (χ0) is 8.97. The van der Waals surface area contributed by atoms with E-state index in [1.807, 2.05) is 19.1 Å². The third-order valence-electron chi connectivity index (χ3n) is 1.58. The van der Waals surface area contributed by atoms with Crippen LogP contribution in [-0.4, -0.2) is 10.7 Å². The third-order valence-corrected chi connectivity index (χ3v) is 1.79. The molecule has 0 amide bonds. The van der Waals surface area contributed by atoms with Crippen molar-refractivity contribution in [2.45, 2.75) is 6.92 Å². The van der Waals surface area contributed by atoms with Crippen LogP contribution in [0.5, 0.6) is 0 Å². The van der Waals surface area contributed by atoms with Gasteiger partial charge in [0.25, 0.3) is 0 Å². The van der Waals surface area contributed by atoms with Crippen molar-refractivity contribution in [3.05, 3.63) is 39.8 Å². The summed E-state index contributed by atoms with van der Waals surface area (Å²) in [7, 11) is 0. The van der Waals surface area contributed by atoms with Crippen LogP contribution in [0.1, 0.15) is 11.1 Å². The second kappa shape index (κ2) is 4.16. The van der Waals surface area contributed by atoms with Gasteiger partial charge in [0.05, 0.1) is 0 Å². The number of nitrogens with one attached hydrogen (secondary N) is 1. The Kier molecular flexibility index (Phi) is 3.17. The molecule has 0 spiro atoms. The van der Waals surface area contributed by atoms with E-state index < -0.39 is 0 Å². The molecule has 1 heterocycles. The summed E-state index contributed by atoms with van der Waals surface area (Å²) in [5, 5.41) is 0. The summed E-state index contributed by atoms with van der Waals surface area (Å²) in [5.74, 6) is 0.707. The van der Waals surface area contributed by atoms with Crippen LogP contribution in [-0.2, 0) is 0 Å². The second-order valence-electron chi connectivity index (χ2n) is 2.52. The molecular formula is C9H11NOS. The molecule has 0 aromatic carbocycles. The number of H-pyrrole nitrogens is 1.